The predicted molar refractivity (Wildman–Crippen MR) is 180 cm³/mol. The van der Waals surface area contributed by atoms with Gasteiger partial charge in [0.15, 0.2) is 0 Å². The first kappa shape index (κ1) is 33.4. The van der Waals surface area contributed by atoms with Crippen molar-refractivity contribution in [2.45, 2.75) is 0 Å². The van der Waals surface area contributed by atoms with E-state index in [4.69, 9.17) is 0 Å². The molecule has 0 N–H and O–H groups in total. The molecule has 6 heteroatoms. The molecular formula is C34H32Cl2N2SiTi-4. The Kier molecular flexibility index (Phi) is 11.5. The summed E-state index contributed by atoms with van der Waals surface area (Å²) in [7, 11) is 7.27. The molecule has 40 heavy (non-hydrogen) atoms. The number of rotatable bonds is 0. The zero-order valence-corrected chi connectivity index (χ0v) is 27.3. The molecule has 2 radical (unpaired) electrons. The molecular weight excluding hydrogens is 583 g/mol. The Bertz CT molecular complexity index is 1870. The molecule has 0 saturated heterocycles. The van der Waals surface area contributed by atoms with E-state index in [1.807, 2.05) is 0 Å². The van der Waals surface area contributed by atoms with Crippen molar-refractivity contribution in [1.82, 2.24) is 9.13 Å². The molecule has 204 valence electrons. The molecule has 0 unspecified atom stereocenters. The minimum absolute atomic E-state index is 0. The Hall–Kier alpha value is -2.79. The van der Waals surface area contributed by atoms with Crippen LogP contribution in [0, 0.1) is 14.9 Å². The molecule has 2 heterocycles. The number of hydrogen-bond acceptors (Lipinski definition) is 0. The molecule has 0 amide bonds. The summed E-state index contributed by atoms with van der Waals surface area (Å²) in [6.45, 7) is 0. The van der Waals surface area contributed by atoms with E-state index in [1.165, 1.54) is 65.2 Å². The fraction of sp³-hybridized carbons (Fsp3) is 0.0588. The van der Waals surface area contributed by atoms with Crippen molar-refractivity contribution < 1.29 is 19.2 Å². The maximum absolute atomic E-state index is 2.97. The number of benzene rings is 4. The van der Waals surface area contributed by atoms with Crippen molar-refractivity contribution in [3.8, 4) is 0 Å². The van der Waals surface area contributed by atoms with Crippen LogP contribution in [0.1, 0.15) is 0 Å². The van der Waals surface area contributed by atoms with E-state index >= 15 is 0 Å². The third-order valence-corrected chi connectivity index (χ3v) is 7.32. The fourth-order valence-electron chi connectivity index (χ4n) is 5.78. The van der Waals surface area contributed by atoms with Gasteiger partial charge < -0.3 is 24.0 Å². The molecule has 0 aliphatic carbocycles. The number of aryl methyl sites for hydroxylation is 2. The molecule has 6 aromatic carbocycles. The Labute approximate surface area is 262 Å². The summed E-state index contributed by atoms with van der Waals surface area (Å²) in [5, 5.41) is 10.8. The van der Waals surface area contributed by atoms with Crippen molar-refractivity contribution in [2.24, 2.45) is 14.1 Å². The van der Waals surface area contributed by atoms with Crippen molar-refractivity contribution in [3.05, 3.63) is 124 Å². The maximum atomic E-state index is 2.97. The molecule has 0 fully saturated rings. The molecule has 2 aromatic heterocycles. The van der Waals surface area contributed by atoms with Crippen LogP contribution in [-0.2, 0) is 33.3 Å². The van der Waals surface area contributed by atoms with Crippen LogP contribution in [0.25, 0.3) is 65.2 Å². The van der Waals surface area contributed by atoms with Crippen LogP contribution >= 0.6 is 24.8 Å². The summed E-state index contributed by atoms with van der Waals surface area (Å²) < 4.78 is 4.60. The molecule has 0 bridgehead atoms. The number of aromatic nitrogens is 2. The second-order valence-electron chi connectivity index (χ2n) is 9.14. The van der Waals surface area contributed by atoms with Crippen molar-refractivity contribution in [3.63, 3.8) is 0 Å². The second kappa shape index (κ2) is 13.7. The SMILES string of the molecule is Cl.Cl.Cn1c2ccccc2c2[cH-]c3ccccc3c21.Cn1c2ccccc2c2[cH-]c3ccccc3c21.[CH3-].[CH3-].[Si]=[Ti]. The Morgan fingerprint density at radius 1 is 0.500 bits per heavy atom. The van der Waals surface area contributed by atoms with Gasteiger partial charge in [-0.3, -0.25) is 0 Å². The van der Waals surface area contributed by atoms with Crippen molar-refractivity contribution >= 4 is 97.6 Å². The quantitative estimate of drug-likeness (QED) is 0.119. The van der Waals surface area contributed by atoms with Crippen LogP contribution < -0.4 is 0 Å². The number of hydrogen-bond donors (Lipinski definition) is 0. The van der Waals surface area contributed by atoms with E-state index < -0.39 is 0 Å². The zero-order valence-electron chi connectivity index (χ0n) is 23.1. The minimum atomic E-state index is 0. The molecule has 8 aromatic rings. The molecule has 0 aliphatic heterocycles. The van der Waals surface area contributed by atoms with Gasteiger partial charge in [-0.1, -0.05) is 105 Å². The van der Waals surface area contributed by atoms with E-state index in [9.17, 15) is 0 Å². The number of para-hydroxylation sites is 2. The van der Waals surface area contributed by atoms with Gasteiger partial charge in [0.2, 0.25) is 0 Å². The van der Waals surface area contributed by atoms with Gasteiger partial charge in [0, 0.05) is 25.1 Å². The first-order valence-electron chi connectivity index (χ1n) is 12.0. The van der Waals surface area contributed by atoms with E-state index in [0.29, 0.717) is 0 Å². The molecule has 8 rings (SSSR count). The molecule has 0 saturated carbocycles. The first-order valence-corrected chi connectivity index (χ1v) is 14.8. The van der Waals surface area contributed by atoms with E-state index in [1.54, 1.807) is 19.2 Å². The van der Waals surface area contributed by atoms with Gasteiger partial charge in [-0.15, -0.1) is 59.9 Å². The normalized spacial score (nSPS) is 10.1. The third-order valence-electron chi connectivity index (χ3n) is 7.32. The van der Waals surface area contributed by atoms with Crippen molar-refractivity contribution in [1.29, 1.82) is 0 Å². The third kappa shape index (κ3) is 5.18. The zero-order chi connectivity index (χ0) is 24.8. The van der Waals surface area contributed by atoms with Crippen LogP contribution in [0.5, 0.6) is 0 Å². The standard InChI is InChI=1S/2C16H12N.2CH3.2ClH.Si.Ti/c2*1-17-15-9-5-4-8-13(15)14-10-11-6-2-3-7-12(11)16(14)17;;;;;;/h2*2-10H,1H3;2*1H3;2*1H;;/q4*-1;;;;. The van der Waals surface area contributed by atoms with E-state index in [0.717, 1.165) is 0 Å². The van der Waals surface area contributed by atoms with Crippen LogP contribution in [0.2, 0.25) is 0 Å². The summed E-state index contributed by atoms with van der Waals surface area (Å²) >= 11 is 1.81. The molecule has 2 nitrogen and oxygen atoms in total. The summed E-state index contributed by atoms with van der Waals surface area (Å²) in [6.07, 6.45) is 0. The fourth-order valence-corrected chi connectivity index (χ4v) is 5.78. The second-order valence-corrected chi connectivity index (χ2v) is 9.14. The summed E-state index contributed by atoms with van der Waals surface area (Å²) in [6, 6.07) is 39.0. The van der Waals surface area contributed by atoms with Crippen LogP contribution in [0.15, 0.2) is 109 Å². The van der Waals surface area contributed by atoms with Gasteiger partial charge in [-0.05, 0) is 23.2 Å². The van der Waals surface area contributed by atoms with Gasteiger partial charge in [-0.2, -0.15) is 0 Å². The Morgan fingerprint density at radius 3 is 1.18 bits per heavy atom. The van der Waals surface area contributed by atoms with Gasteiger partial charge in [-0.25, -0.2) is 0 Å². The molecule has 0 spiro atoms. The van der Waals surface area contributed by atoms with Gasteiger partial charge in [0.05, 0.1) is 0 Å². The topological polar surface area (TPSA) is 9.86 Å². The van der Waals surface area contributed by atoms with Crippen LogP contribution in [0.3, 0.4) is 0 Å². The average molecular weight is 616 g/mol. The Morgan fingerprint density at radius 2 is 0.800 bits per heavy atom. The van der Waals surface area contributed by atoms with E-state index in [-0.39, 0.29) is 39.7 Å². The Balaban J connectivity index is 0.000000241. The summed E-state index contributed by atoms with van der Waals surface area (Å²) in [4.78, 5) is 0. The first-order chi connectivity index (χ1) is 17.7. The summed E-state index contributed by atoms with van der Waals surface area (Å²) in [5.74, 6) is 0. The van der Waals surface area contributed by atoms with Gasteiger partial charge in [0.1, 0.15) is 0 Å². The van der Waals surface area contributed by atoms with E-state index in [2.05, 4.69) is 140 Å². The van der Waals surface area contributed by atoms with Crippen LogP contribution in [-0.4, -0.2) is 16.8 Å². The van der Waals surface area contributed by atoms with Crippen molar-refractivity contribution in [2.75, 3.05) is 0 Å². The van der Waals surface area contributed by atoms with Gasteiger partial charge in [0.25, 0.3) is 0 Å². The average Bonchev–Trinajstić information content (AvgIpc) is 3.66. The molecule has 0 atom stereocenters. The summed E-state index contributed by atoms with van der Waals surface area (Å²) in [5.41, 5.74) is 5.31. The van der Waals surface area contributed by atoms with Gasteiger partial charge >= 0.3 is 26.8 Å². The number of nitrogens with zero attached hydrogens (tertiary/aromatic N) is 2. The number of halogens is 2. The van der Waals surface area contributed by atoms with Crippen LogP contribution in [0.4, 0.5) is 0 Å². The molecule has 0 aliphatic rings. The predicted octanol–water partition coefficient (Wildman–Crippen LogP) is 9.77. The monoisotopic (exact) mass is 614 g/mol. The number of fused-ring (bicyclic) bond motifs is 10.